The predicted octanol–water partition coefficient (Wildman–Crippen LogP) is 3.31. The van der Waals surface area contributed by atoms with E-state index in [0.29, 0.717) is 11.4 Å². The molecule has 0 saturated heterocycles. The molecule has 3 nitrogen and oxygen atoms in total. The Labute approximate surface area is 125 Å². The number of rotatable bonds is 5. The van der Waals surface area contributed by atoms with E-state index in [-0.39, 0.29) is 5.41 Å². The van der Waals surface area contributed by atoms with Crippen molar-refractivity contribution in [2.45, 2.75) is 30.6 Å². The van der Waals surface area contributed by atoms with E-state index in [2.05, 4.69) is 4.72 Å². The number of fused-ring (bicyclic) bond motifs is 1. The van der Waals surface area contributed by atoms with Crippen molar-refractivity contribution in [1.29, 1.82) is 0 Å². The highest BCUT2D eigenvalue weighted by Crippen LogP contribution is 2.60. The lowest BCUT2D eigenvalue weighted by molar-refractivity contribution is 0.432. The first kappa shape index (κ1) is 13.3. The van der Waals surface area contributed by atoms with E-state index < -0.39 is 10.0 Å². The summed E-state index contributed by atoms with van der Waals surface area (Å²) in [6.07, 6.45) is 4.90. The topological polar surface area (TPSA) is 46.2 Å². The van der Waals surface area contributed by atoms with Crippen LogP contribution in [0.4, 0.5) is 0 Å². The van der Waals surface area contributed by atoms with Gasteiger partial charge in [0, 0.05) is 11.9 Å². The van der Waals surface area contributed by atoms with Crippen LogP contribution in [-0.2, 0) is 10.0 Å². The molecule has 0 spiro atoms. The van der Waals surface area contributed by atoms with Crippen molar-refractivity contribution in [2.24, 2.45) is 11.3 Å². The Kier molecular flexibility index (Phi) is 2.88. The van der Waals surface area contributed by atoms with Crippen LogP contribution in [0.15, 0.2) is 47.4 Å². The largest absolute Gasteiger partial charge is 0.241 e. The van der Waals surface area contributed by atoms with Gasteiger partial charge in [-0.1, -0.05) is 36.4 Å². The van der Waals surface area contributed by atoms with Gasteiger partial charge in [0.05, 0.1) is 4.90 Å². The molecular formula is C17H19NO2S. The molecule has 0 atom stereocenters. The van der Waals surface area contributed by atoms with Crippen LogP contribution in [0.2, 0.25) is 0 Å². The molecule has 0 amide bonds. The molecule has 2 fully saturated rings. The fourth-order valence-corrected chi connectivity index (χ4v) is 4.70. The zero-order valence-corrected chi connectivity index (χ0v) is 12.7. The average molecular weight is 301 g/mol. The normalized spacial score (nSPS) is 20.6. The van der Waals surface area contributed by atoms with Crippen LogP contribution in [0.25, 0.3) is 10.8 Å². The van der Waals surface area contributed by atoms with Gasteiger partial charge >= 0.3 is 0 Å². The molecule has 0 radical (unpaired) electrons. The third-order valence-electron chi connectivity index (χ3n) is 4.99. The highest BCUT2D eigenvalue weighted by atomic mass is 32.2. The van der Waals surface area contributed by atoms with Crippen molar-refractivity contribution < 1.29 is 8.42 Å². The van der Waals surface area contributed by atoms with Crippen LogP contribution in [0.5, 0.6) is 0 Å². The molecule has 4 rings (SSSR count). The molecule has 2 aliphatic carbocycles. The summed E-state index contributed by atoms with van der Waals surface area (Å²) in [6, 6.07) is 13.1. The van der Waals surface area contributed by atoms with E-state index in [4.69, 9.17) is 0 Å². The van der Waals surface area contributed by atoms with Crippen LogP contribution >= 0.6 is 0 Å². The number of hydrogen-bond acceptors (Lipinski definition) is 2. The van der Waals surface area contributed by atoms with Gasteiger partial charge in [0.25, 0.3) is 0 Å². The van der Waals surface area contributed by atoms with E-state index in [1.807, 2.05) is 36.4 Å². The molecule has 0 aromatic heterocycles. The van der Waals surface area contributed by atoms with Crippen LogP contribution in [-0.4, -0.2) is 15.0 Å². The fourth-order valence-electron chi connectivity index (χ4n) is 3.33. The fraction of sp³-hybridized carbons (Fsp3) is 0.412. The van der Waals surface area contributed by atoms with Gasteiger partial charge < -0.3 is 0 Å². The summed E-state index contributed by atoms with van der Waals surface area (Å²) in [5.41, 5.74) is 0.275. The molecule has 2 aliphatic rings. The summed E-state index contributed by atoms with van der Waals surface area (Å²) in [7, 11) is -3.44. The molecule has 4 heteroatoms. The Morgan fingerprint density at radius 1 is 1.05 bits per heavy atom. The molecule has 0 unspecified atom stereocenters. The summed E-state index contributed by atoms with van der Waals surface area (Å²) in [4.78, 5) is 0.396. The molecule has 2 aromatic rings. The monoisotopic (exact) mass is 301 g/mol. The summed E-state index contributed by atoms with van der Waals surface area (Å²) in [6.45, 7) is 0.600. The maximum atomic E-state index is 12.7. The number of nitrogens with one attached hydrogen (secondary N) is 1. The molecular weight excluding hydrogens is 282 g/mol. The van der Waals surface area contributed by atoms with E-state index >= 15 is 0 Å². The lowest BCUT2D eigenvalue weighted by atomic mass is 10.0. The van der Waals surface area contributed by atoms with E-state index in [1.165, 1.54) is 25.7 Å². The maximum absolute atomic E-state index is 12.7. The molecule has 0 aliphatic heterocycles. The first-order valence-electron chi connectivity index (χ1n) is 7.58. The molecule has 2 saturated carbocycles. The molecule has 0 heterocycles. The van der Waals surface area contributed by atoms with Gasteiger partial charge in [0.2, 0.25) is 10.0 Å². The Hall–Kier alpha value is -1.39. The summed E-state index contributed by atoms with van der Waals surface area (Å²) in [5, 5.41) is 1.76. The number of benzene rings is 2. The molecule has 1 N–H and O–H groups in total. The summed E-state index contributed by atoms with van der Waals surface area (Å²) < 4.78 is 28.2. The van der Waals surface area contributed by atoms with Crippen LogP contribution < -0.4 is 4.72 Å². The summed E-state index contributed by atoms with van der Waals surface area (Å²) in [5.74, 6) is 0.757. The van der Waals surface area contributed by atoms with E-state index in [0.717, 1.165) is 16.7 Å². The van der Waals surface area contributed by atoms with Gasteiger partial charge in [-0.05, 0) is 48.5 Å². The van der Waals surface area contributed by atoms with Gasteiger partial charge in [-0.25, -0.2) is 13.1 Å². The first-order chi connectivity index (χ1) is 10.1. The molecule has 0 bridgehead atoms. The van der Waals surface area contributed by atoms with Gasteiger partial charge in [-0.2, -0.15) is 0 Å². The zero-order valence-electron chi connectivity index (χ0n) is 11.9. The van der Waals surface area contributed by atoms with Gasteiger partial charge in [-0.3, -0.25) is 0 Å². The number of sulfonamides is 1. The van der Waals surface area contributed by atoms with Gasteiger partial charge in [-0.15, -0.1) is 0 Å². The second-order valence-electron chi connectivity index (χ2n) is 6.44. The average Bonchev–Trinajstić information content (AvgIpc) is 3.38. The third-order valence-corrected chi connectivity index (χ3v) is 6.45. The predicted molar refractivity (Wildman–Crippen MR) is 83.5 cm³/mol. The van der Waals surface area contributed by atoms with Crippen molar-refractivity contribution in [2.75, 3.05) is 6.54 Å². The van der Waals surface area contributed by atoms with Crippen molar-refractivity contribution in [1.82, 2.24) is 4.72 Å². The van der Waals surface area contributed by atoms with Gasteiger partial charge in [0.15, 0.2) is 0 Å². The lowest BCUT2D eigenvalue weighted by Gasteiger charge is -2.16. The van der Waals surface area contributed by atoms with Gasteiger partial charge in [0.1, 0.15) is 0 Å². The second-order valence-corrected chi connectivity index (χ2v) is 8.17. The Morgan fingerprint density at radius 3 is 2.48 bits per heavy atom. The van der Waals surface area contributed by atoms with Crippen molar-refractivity contribution in [3.63, 3.8) is 0 Å². The quantitative estimate of drug-likeness (QED) is 0.921. The molecule has 110 valence electrons. The second kappa shape index (κ2) is 4.55. The minimum atomic E-state index is -3.44. The standard InChI is InChI=1S/C17H19NO2S/c19-21(20,18-12-17(10-11-17)14-8-9-14)16-7-3-5-13-4-1-2-6-15(13)16/h1-7,14,18H,8-12H2. The molecule has 21 heavy (non-hydrogen) atoms. The maximum Gasteiger partial charge on any atom is 0.241 e. The Balaban J connectivity index is 1.64. The van der Waals surface area contributed by atoms with Crippen molar-refractivity contribution in [3.05, 3.63) is 42.5 Å². The first-order valence-corrected chi connectivity index (χ1v) is 9.07. The minimum absolute atomic E-state index is 0.275. The van der Waals surface area contributed by atoms with Crippen LogP contribution in [0.3, 0.4) is 0 Å². The van der Waals surface area contributed by atoms with Crippen LogP contribution in [0.1, 0.15) is 25.7 Å². The lowest BCUT2D eigenvalue weighted by Crippen LogP contribution is -2.31. The smallest absolute Gasteiger partial charge is 0.211 e. The van der Waals surface area contributed by atoms with E-state index in [9.17, 15) is 8.42 Å². The van der Waals surface area contributed by atoms with Crippen molar-refractivity contribution in [3.8, 4) is 0 Å². The van der Waals surface area contributed by atoms with Crippen molar-refractivity contribution >= 4 is 20.8 Å². The number of hydrogen-bond donors (Lipinski definition) is 1. The SMILES string of the molecule is O=S(=O)(NCC1(C2CC2)CC1)c1cccc2ccccc12. The highest BCUT2D eigenvalue weighted by Gasteiger charge is 2.53. The Morgan fingerprint density at radius 2 is 1.76 bits per heavy atom. The van der Waals surface area contributed by atoms with Crippen LogP contribution in [0, 0.1) is 11.3 Å². The highest BCUT2D eigenvalue weighted by molar-refractivity contribution is 7.89. The third kappa shape index (κ3) is 2.36. The zero-order chi connectivity index (χ0) is 14.5. The van der Waals surface area contributed by atoms with E-state index in [1.54, 1.807) is 6.07 Å². The minimum Gasteiger partial charge on any atom is -0.211 e. The molecule has 2 aromatic carbocycles. The Bertz CT molecular complexity index is 784. The summed E-state index contributed by atoms with van der Waals surface area (Å²) >= 11 is 0.